The van der Waals surface area contributed by atoms with Gasteiger partial charge in [0.15, 0.2) is 0 Å². The molecule has 0 aliphatic carbocycles. The van der Waals surface area contributed by atoms with Gasteiger partial charge in [-0.2, -0.15) is 0 Å². The fraction of sp³-hybridized carbons (Fsp3) is 0.333. The number of rotatable bonds is 4. The molecule has 0 fully saturated rings. The summed E-state index contributed by atoms with van der Waals surface area (Å²) in [5, 5.41) is 3.41. The van der Waals surface area contributed by atoms with Crippen molar-refractivity contribution in [2.24, 2.45) is 0 Å². The lowest BCUT2D eigenvalue weighted by atomic mass is 10.1. The van der Waals surface area contributed by atoms with Crippen molar-refractivity contribution < 1.29 is 0 Å². The lowest BCUT2D eigenvalue weighted by molar-refractivity contribution is 0.674. The molecule has 1 aromatic heterocycles. The molecule has 0 saturated carbocycles. The second-order valence-electron chi connectivity index (χ2n) is 4.69. The van der Waals surface area contributed by atoms with Crippen molar-refractivity contribution in [1.29, 1.82) is 0 Å². The van der Waals surface area contributed by atoms with Crippen LogP contribution in [0.2, 0.25) is 0 Å². The normalized spacial score (nSPS) is 10.6. The molecule has 0 radical (unpaired) electrons. The first-order valence-corrected chi connectivity index (χ1v) is 6.20. The fourth-order valence-electron chi connectivity index (χ4n) is 2.11. The Kier molecular flexibility index (Phi) is 4.05. The zero-order chi connectivity index (χ0) is 13.0. The summed E-state index contributed by atoms with van der Waals surface area (Å²) in [7, 11) is 0. The number of hydrogen-bond donors (Lipinski definition) is 1. The highest BCUT2D eigenvalue weighted by Crippen LogP contribution is 2.08. The third-order valence-electron chi connectivity index (χ3n) is 2.75. The lowest BCUT2D eigenvalue weighted by Gasteiger charge is -2.07. The molecule has 0 atom stereocenters. The van der Waals surface area contributed by atoms with Crippen molar-refractivity contribution in [3.05, 3.63) is 58.7 Å². The second kappa shape index (κ2) is 5.74. The second-order valence-corrected chi connectivity index (χ2v) is 4.69. The Labute approximate surface area is 108 Å². The van der Waals surface area contributed by atoms with Crippen molar-refractivity contribution in [2.75, 3.05) is 0 Å². The molecule has 1 N–H and O–H groups in total. The molecule has 94 valence electrons. The summed E-state index contributed by atoms with van der Waals surface area (Å²) in [4.78, 5) is 8.46. The average Bonchev–Trinajstić information content (AvgIpc) is 2.27. The number of nitrogens with one attached hydrogen (secondary N) is 1. The van der Waals surface area contributed by atoms with Gasteiger partial charge in [0, 0.05) is 19.3 Å². The van der Waals surface area contributed by atoms with E-state index in [0.29, 0.717) is 0 Å². The summed E-state index contributed by atoms with van der Waals surface area (Å²) in [6.07, 6.45) is 1.80. The topological polar surface area (TPSA) is 37.8 Å². The van der Waals surface area contributed by atoms with E-state index in [0.717, 1.165) is 24.6 Å². The Morgan fingerprint density at radius 2 is 1.72 bits per heavy atom. The molecule has 1 heterocycles. The Bertz CT molecular complexity index is 515. The zero-order valence-corrected chi connectivity index (χ0v) is 11.2. The molecule has 0 amide bonds. The van der Waals surface area contributed by atoms with Crippen LogP contribution in [0.15, 0.2) is 30.5 Å². The molecule has 3 nitrogen and oxygen atoms in total. The van der Waals surface area contributed by atoms with Gasteiger partial charge in [-0.25, -0.2) is 9.97 Å². The van der Waals surface area contributed by atoms with Gasteiger partial charge in [-0.05, 0) is 32.4 Å². The molecular formula is C15H19N3. The van der Waals surface area contributed by atoms with E-state index in [1.165, 1.54) is 16.7 Å². The summed E-state index contributed by atoms with van der Waals surface area (Å²) < 4.78 is 0. The van der Waals surface area contributed by atoms with Crippen LogP contribution in [0.1, 0.15) is 28.2 Å². The van der Waals surface area contributed by atoms with E-state index in [2.05, 4.69) is 47.3 Å². The van der Waals surface area contributed by atoms with E-state index in [9.17, 15) is 0 Å². The highest BCUT2D eigenvalue weighted by atomic mass is 14.9. The third kappa shape index (κ3) is 3.64. The number of benzene rings is 1. The quantitative estimate of drug-likeness (QED) is 0.894. The number of aryl methyl sites for hydroxylation is 3. The van der Waals surface area contributed by atoms with Crippen LogP contribution in [0.3, 0.4) is 0 Å². The molecule has 2 rings (SSSR count). The minimum Gasteiger partial charge on any atom is -0.307 e. The van der Waals surface area contributed by atoms with E-state index in [1.54, 1.807) is 6.20 Å². The summed E-state index contributed by atoms with van der Waals surface area (Å²) >= 11 is 0. The van der Waals surface area contributed by atoms with E-state index in [-0.39, 0.29) is 0 Å². The van der Waals surface area contributed by atoms with Crippen LogP contribution in [0, 0.1) is 20.8 Å². The first kappa shape index (κ1) is 12.7. The van der Waals surface area contributed by atoms with Crippen molar-refractivity contribution in [2.45, 2.75) is 33.9 Å². The Morgan fingerprint density at radius 1 is 1.00 bits per heavy atom. The van der Waals surface area contributed by atoms with E-state index in [4.69, 9.17) is 0 Å². The van der Waals surface area contributed by atoms with Gasteiger partial charge in [-0.1, -0.05) is 29.3 Å². The van der Waals surface area contributed by atoms with Gasteiger partial charge >= 0.3 is 0 Å². The maximum absolute atomic E-state index is 4.37. The van der Waals surface area contributed by atoms with Gasteiger partial charge in [0.05, 0.1) is 5.69 Å². The Morgan fingerprint density at radius 3 is 2.39 bits per heavy atom. The van der Waals surface area contributed by atoms with Crippen molar-refractivity contribution in [1.82, 2.24) is 15.3 Å². The minimum absolute atomic E-state index is 0.774. The molecule has 0 aliphatic rings. The highest BCUT2D eigenvalue weighted by Gasteiger charge is 1.98. The largest absolute Gasteiger partial charge is 0.307 e. The van der Waals surface area contributed by atoms with Crippen LogP contribution in [-0.4, -0.2) is 9.97 Å². The average molecular weight is 241 g/mol. The molecule has 3 heteroatoms. The Balaban J connectivity index is 1.92. The smallest absolute Gasteiger partial charge is 0.125 e. The molecule has 0 aliphatic heterocycles. The molecule has 1 aromatic carbocycles. The predicted octanol–water partition coefficient (Wildman–Crippen LogP) is 2.69. The molecule has 2 aromatic rings. The standard InChI is InChI=1S/C15H19N3/c1-11-6-12(2)8-14(7-11)9-16-10-15-4-5-17-13(3)18-15/h4-8,16H,9-10H2,1-3H3. The van der Waals surface area contributed by atoms with Crippen LogP contribution in [0.25, 0.3) is 0 Å². The molecule has 18 heavy (non-hydrogen) atoms. The van der Waals surface area contributed by atoms with E-state index < -0.39 is 0 Å². The maximum atomic E-state index is 4.37. The van der Waals surface area contributed by atoms with E-state index >= 15 is 0 Å². The highest BCUT2D eigenvalue weighted by molar-refractivity contribution is 5.28. The van der Waals surface area contributed by atoms with Gasteiger partial charge in [0.25, 0.3) is 0 Å². The third-order valence-corrected chi connectivity index (χ3v) is 2.75. The number of nitrogens with zero attached hydrogens (tertiary/aromatic N) is 2. The summed E-state index contributed by atoms with van der Waals surface area (Å²) in [6.45, 7) is 7.81. The van der Waals surface area contributed by atoms with Gasteiger partial charge in [-0.3, -0.25) is 0 Å². The van der Waals surface area contributed by atoms with Gasteiger partial charge in [0.2, 0.25) is 0 Å². The maximum Gasteiger partial charge on any atom is 0.125 e. The van der Waals surface area contributed by atoms with E-state index in [1.807, 2.05) is 13.0 Å². The first-order chi connectivity index (χ1) is 8.63. The molecule has 0 unspecified atom stereocenters. The van der Waals surface area contributed by atoms with Crippen molar-refractivity contribution in [3.8, 4) is 0 Å². The monoisotopic (exact) mass is 241 g/mol. The molecule has 0 spiro atoms. The number of hydrogen-bond acceptors (Lipinski definition) is 3. The SMILES string of the molecule is Cc1cc(C)cc(CNCc2ccnc(C)n2)c1. The van der Waals surface area contributed by atoms with Gasteiger partial charge in [-0.15, -0.1) is 0 Å². The lowest BCUT2D eigenvalue weighted by Crippen LogP contribution is -2.14. The number of aromatic nitrogens is 2. The van der Waals surface area contributed by atoms with Gasteiger partial charge < -0.3 is 5.32 Å². The molecule has 0 saturated heterocycles. The van der Waals surface area contributed by atoms with Crippen LogP contribution in [0.4, 0.5) is 0 Å². The summed E-state index contributed by atoms with van der Waals surface area (Å²) in [5.41, 5.74) is 4.97. The van der Waals surface area contributed by atoms with Crippen LogP contribution in [-0.2, 0) is 13.1 Å². The fourth-order valence-corrected chi connectivity index (χ4v) is 2.11. The van der Waals surface area contributed by atoms with Crippen LogP contribution < -0.4 is 5.32 Å². The summed E-state index contributed by atoms with van der Waals surface area (Å²) in [5.74, 6) is 0.820. The summed E-state index contributed by atoms with van der Waals surface area (Å²) in [6, 6.07) is 8.56. The van der Waals surface area contributed by atoms with Crippen molar-refractivity contribution >= 4 is 0 Å². The minimum atomic E-state index is 0.774. The molecule has 0 bridgehead atoms. The van der Waals surface area contributed by atoms with Gasteiger partial charge in [0.1, 0.15) is 5.82 Å². The predicted molar refractivity (Wildman–Crippen MR) is 73.2 cm³/mol. The van der Waals surface area contributed by atoms with Crippen molar-refractivity contribution in [3.63, 3.8) is 0 Å². The van der Waals surface area contributed by atoms with Crippen LogP contribution >= 0.6 is 0 Å². The zero-order valence-electron chi connectivity index (χ0n) is 11.2. The first-order valence-electron chi connectivity index (χ1n) is 6.20. The molecular weight excluding hydrogens is 222 g/mol. The van der Waals surface area contributed by atoms with Crippen LogP contribution in [0.5, 0.6) is 0 Å². The Hall–Kier alpha value is -1.74.